The Hall–Kier alpha value is -3.65. The van der Waals surface area contributed by atoms with E-state index in [1.165, 1.54) is 32.4 Å². The Morgan fingerprint density at radius 2 is 1.94 bits per heavy atom. The van der Waals surface area contributed by atoms with Crippen molar-refractivity contribution in [3.8, 4) is 22.8 Å². The summed E-state index contributed by atoms with van der Waals surface area (Å²) in [7, 11) is 0. The molecule has 0 saturated heterocycles. The Labute approximate surface area is 202 Å². The van der Waals surface area contributed by atoms with Gasteiger partial charge in [-0.15, -0.1) is 11.3 Å². The van der Waals surface area contributed by atoms with Gasteiger partial charge in [-0.1, -0.05) is 18.2 Å². The summed E-state index contributed by atoms with van der Waals surface area (Å²) in [4.78, 5) is 21.0. The maximum absolute atomic E-state index is 10.8. The number of carbonyl (C=O) groups is 1. The second-order valence-electron chi connectivity index (χ2n) is 7.83. The molecule has 4 rings (SSSR count). The number of aryl methyl sites for hydroxylation is 2. The number of fused-ring (bicyclic) bond motifs is 1. The lowest BCUT2D eigenvalue weighted by Gasteiger charge is -2.13. The minimum atomic E-state index is -1.04. The quantitative estimate of drug-likeness (QED) is 0.312. The van der Waals surface area contributed by atoms with Gasteiger partial charge in [-0.05, 0) is 61.9 Å². The molecule has 2 heterocycles. The van der Waals surface area contributed by atoms with Crippen molar-refractivity contribution in [1.29, 1.82) is 0 Å². The Morgan fingerprint density at radius 1 is 1.09 bits per heavy atom. The van der Waals surface area contributed by atoms with Crippen LogP contribution in [0.3, 0.4) is 0 Å². The van der Waals surface area contributed by atoms with Crippen molar-refractivity contribution in [3.05, 3.63) is 64.8 Å². The van der Waals surface area contributed by atoms with Crippen LogP contribution >= 0.6 is 11.3 Å². The van der Waals surface area contributed by atoms with Crippen molar-refractivity contribution >= 4 is 33.2 Å². The van der Waals surface area contributed by atoms with Gasteiger partial charge in [0.1, 0.15) is 12.1 Å². The number of anilines is 1. The van der Waals surface area contributed by atoms with E-state index in [9.17, 15) is 4.79 Å². The van der Waals surface area contributed by atoms with Crippen LogP contribution in [0.1, 0.15) is 22.9 Å². The summed E-state index contributed by atoms with van der Waals surface area (Å²) in [5.41, 5.74) is 4.25. The summed E-state index contributed by atoms with van der Waals surface area (Å²) >= 11 is 1.85. The molecule has 0 saturated carbocycles. The van der Waals surface area contributed by atoms with E-state index >= 15 is 0 Å². The molecule has 0 aliphatic rings. The van der Waals surface area contributed by atoms with Crippen molar-refractivity contribution < 1.29 is 19.4 Å². The summed E-state index contributed by atoms with van der Waals surface area (Å²) in [6.45, 7) is 6.95. The van der Waals surface area contributed by atoms with Crippen LogP contribution in [0, 0.1) is 13.8 Å². The van der Waals surface area contributed by atoms with E-state index in [0.717, 1.165) is 30.0 Å². The number of carboxylic acids is 1. The van der Waals surface area contributed by atoms with Gasteiger partial charge >= 0.3 is 5.97 Å². The third-order valence-electron chi connectivity index (χ3n) is 5.46. The van der Waals surface area contributed by atoms with Crippen molar-refractivity contribution in [3.63, 3.8) is 0 Å². The molecule has 4 aromatic rings. The van der Waals surface area contributed by atoms with Gasteiger partial charge in [0.2, 0.25) is 0 Å². The zero-order valence-corrected chi connectivity index (χ0v) is 20.2. The molecule has 8 heteroatoms. The van der Waals surface area contributed by atoms with Crippen LogP contribution in [0.25, 0.3) is 21.3 Å². The fourth-order valence-corrected chi connectivity index (χ4v) is 5.03. The van der Waals surface area contributed by atoms with Crippen molar-refractivity contribution in [2.45, 2.75) is 27.2 Å². The van der Waals surface area contributed by atoms with Gasteiger partial charge in [0.15, 0.2) is 18.1 Å². The number of thiophene rings is 1. The van der Waals surface area contributed by atoms with Gasteiger partial charge in [0.05, 0.1) is 12.3 Å². The van der Waals surface area contributed by atoms with Gasteiger partial charge in [0.25, 0.3) is 0 Å². The average molecular weight is 478 g/mol. The van der Waals surface area contributed by atoms with Crippen molar-refractivity contribution in [1.82, 2.24) is 9.97 Å². The first-order chi connectivity index (χ1) is 16.5. The predicted octanol–water partition coefficient (Wildman–Crippen LogP) is 5.49. The number of ether oxygens (including phenoxy) is 2. The molecule has 34 heavy (non-hydrogen) atoms. The van der Waals surface area contributed by atoms with Gasteiger partial charge in [-0.25, -0.2) is 14.8 Å². The fraction of sp³-hybridized carbons (Fsp3) is 0.269. The molecule has 0 aliphatic heterocycles. The molecule has 7 nitrogen and oxygen atoms in total. The zero-order chi connectivity index (χ0) is 24.1. The standard InChI is InChI=1S/C26H27N3O4S/c1-4-32-23-12-18(8-9-22(23)33-14-25(30)31)21-13-24(29-15-28-21)27-11-10-19-17(3)34-26-16(2)6-5-7-20(19)26/h5-9,12-13,15H,4,10-11,14H2,1-3H3,(H,30,31)(H,27,28,29). The summed E-state index contributed by atoms with van der Waals surface area (Å²) in [5.74, 6) is 0.555. The molecular weight excluding hydrogens is 450 g/mol. The van der Waals surface area contributed by atoms with Gasteiger partial charge in [-0.2, -0.15) is 0 Å². The number of nitrogens with zero attached hydrogens (tertiary/aromatic N) is 2. The van der Waals surface area contributed by atoms with E-state index in [-0.39, 0.29) is 0 Å². The summed E-state index contributed by atoms with van der Waals surface area (Å²) < 4.78 is 12.3. The minimum absolute atomic E-state index is 0.383. The summed E-state index contributed by atoms with van der Waals surface area (Å²) in [6, 6.07) is 13.7. The molecule has 176 valence electrons. The first-order valence-corrected chi connectivity index (χ1v) is 11.9. The maximum atomic E-state index is 10.8. The number of benzene rings is 2. The predicted molar refractivity (Wildman–Crippen MR) is 135 cm³/mol. The molecule has 0 radical (unpaired) electrons. The van der Waals surface area contributed by atoms with Crippen LogP contribution < -0.4 is 14.8 Å². The van der Waals surface area contributed by atoms with Crippen LogP contribution in [-0.4, -0.2) is 40.8 Å². The molecule has 0 spiro atoms. The highest BCUT2D eigenvalue weighted by Crippen LogP contribution is 2.34. The number of rotatable bonds is 10. The van der Waals surface area contributed by atoms with E-state index in [1.54, 1.807) is 12.1 Å². The number of carboxylic acid groups (broad SMARTS) is 1. The number of hydrogen-bond donors (Lipinski definition) is 2. The Bertz CT molecular complexity index is 1320. The van der Waals surface area contributed by atoms with E-state index in [0.29, 0.717) is 18.1 Å². The van der Waals surface area contributed by atoms with E-state index in [1.807, 2.05) is 30.4 Å². The molecule has 0 amide bonds. The SMILES string of the molecule is CCOc1cc(-c2cc(NCCc3c(C)sc4c(C)cccc34)ncn2)ccc1OCC(=O)O. The highest BCUT2D eigenvalue weighted by molar-refractivity contribution is 7.19. The van der Waals surface area contributed by atoms with Gasteiger partial charge in [0, 0.05) is 27.8 Å². The molecule has 0 fully saturated rings. The molecular formula is C26H27N3O4S. The summed E-state index contributed by atoms with van der Waals surface area (Å²) in [6.07, 6.45) is 2.43. The smallest absolute Gasteiger partial charge is 0.341 e. The van der Waals surface area contributed by atoms with Crippen LogP contribution in [0.15, 0.2) is 48.8 Å². The molecule has 2 aromatic carbocycles. The highest BCUT2D eigenvalue weighted by Gasteiger charge is 2.12. The second kappa shape index (κ2) is 10.5. The minimum Gasteiger partial charge on any atom is -0.490 e. The zero-order valence-electron chi connectivity index (χ0n) is 19.4. The third kappa shape index (κ3) is 5.28. The van der Waals surface area contributed by atoms with Crippen molar-refractivity contribution in [2.24, 2.45) is 0 Å². The monoisotopic (exact) mass is 477 g/mol. The Balaban J connectivity index is 1.48. The maximum Gasteiger partial charge on any atom is 0.341 e. The second-order valence-corrected chi connectivity index (χ2v) is 9.06. The molecule has 2 aromatic heterocycles. The lowest BCUT2D eigenvalue weighted by molar-refractivity contribution is -0.139. The molecule has 0 bridgehead atoms. The number of aromatic nitrogens is 2. The summed E-state index contributed by atoms with van der Waals surface area (Å²) in [5, 5.41) is 13.6. The van der Waals surface area contributed by atoms with Crippen LogP contribution in [0.4, 0.5) is 5.82 Å². The number of aliphatic carboxylic acids is 1. The van der Waals surface area contributed by atoms with Crippen LogP contribution in [0.2, 0.25) is 0 Å². The molecule has 2 N–H and O–H groups in total. The topological polar surface area (TPSA) is 93.6 Å². The van der Waals surface area contributed by atoms with E-state index < -0.39 is 12.6 Å². The first kappa shape index (κ1) is 23.5. The van der Waals surface area contributed by atoms with Crippen LogP contribution in [0.5, 0.6) is 11.5 Å². The first-order valence-electron chi connectivity index (χ1n) is 11.1. The molecule has 0 atom stereocenters. The van der Waals surface area contributed by atoms with Crippen molar-refractivity contribution in [2.75, 3.05) is 25.1 Å². The third-order valence-corrected chi connectivity index (χ3v) is 6.75. The largest absolute Gasteiger partial charge is 0.490 e. The van der Waals surface area contributed by atoms with E-state index in [4.69, 9.17) is 14.6 Å². The fourth-order valence-electron chi connectivity index (χ4n) is 3.86. The molecule has 0 unspecified atom stereocenters. The highest BCUT2D eigenvalue weighted by atomic mass is 32.1. The number of hydrogen-bond acceptors (Lipinski definition) is 7. The lowest BCUT2D eigenvalue weighted by atomic mass is 10.1. The number of nitrogens with one attached hydrogen (secondary N) is 1. The lowest BCUT2D eigenvalue weighted by Crippen LogP contribution is -2.10. The normalized spacial score (nSPS) is 10.9. The average Bonchev–Trinajstić information content (AvgIpc) is 3.15. The van der Waals surface area contributed by atoms with Crippen LogP contribution in [-0.2, 0) is 11.2 Å². The van der Waals surface area contributed by atoms with E-state index in [2.05, 4.69) is 47.3 Å². The molecule has 0 aliphatic carbocycles. The van der Waals surface area contributed by atoms with Gasteiger partial charge in [-0.3, -0.25) is 0 Å². The Morgan fingerprint density at radius 3 is 2.74 bits per heavy atom. The van der Waals surface area contributed by atoms with Gasteiger partial charge < -0.3 is 19.9 Å². The Kier molecular flexibility index (Phi) is 7.27.